The molecule has 1 fully saturated rings. The molecule has 5 rings (SSSR count). The maximum absolute atomic E-state index is 13.5. The summed E-state index contributed by atoms with van der Waals surface area (Å²) in [5.41, 5.74) is 4.00. The molecule has 0 saturated carbocycles. The van der Waals surface area contributed by atoms with E-state index in [4.69, 9.17) is 4.74 Å². The van der Waals surface area contributed by atoms with Crippen molar-refractivity contribution in [3.8, 4) is 0 Å². The molecule has 3 nitrogen and oxygen atoms in total. The number of rotatable bonds is 4. The van der Waals surface area contributed by atoms with Gasteiger partial charge in [-0.05, 0) is 55.7 Å². The summed E-state index contributed by atoms with van der Waals surface area (Å²) < 4.78 is 46.9. The monoisotopic (exact) mass is 452 g/mol. The van der Waals surface area contributed by atoms with E-state index >= 15 is 0 Å². The van der Waals surface area contributed by atoms with Crippen LogP contribution in [0.25, 0.3) is 0 Å². The van der Waals surface area contributed by atoms with E-state index in [1.54, 1.807) is 6.07 Å². The summed E-state index contributed by atoms with van der Waals surface area (Å²) in [6.45, 7) is 2.66. The largest absolute Gasteiger partial charge is 0.416 e. The van der Waals surface area contributed by atoms with E-state index in [2.05, 4.69) is 22.8 Å². The topological polar surface area (TPSA) is 33.3 Å². The molecule has 172 valence electrons. The van der Waals surface area contributed by atoms with E-state index in [0.717, 1.165) is 30.2 Å². The van der Waals surface area contributed by atoms with E-state index in [9.17, 15) is 13.2 Å². The maximum atomic E-state index is 13.5. The van der Waals surface area contributed by atoms with Gasteiger partial charge in [-0.15, -0.1) is 0 Å². The molecular weight excluding hydrogens is 425 g/mol. The Morgan fingerprint density at radius 1 is 0.970 bits per heavy atom. The van der Waals surface area contributed by atoms with Crippen molar-refractivity contribution in [2.75, 3.05) is 17.2 Å². The number of ether oxygens (including phenoxy) is 1. The van der Waals surface area contributed by atoms with Gasteiger partial charge in [0, 0.05) is 29.4 Å². The highest BCUT2D eigenvalue weighted by Crippen LogP contribution is 2.51. The van der Waals surface area contributed by atoms with Crippen molar-refractivity contribution < 1.29 is 17.9 Å². The minimum absolute atomic E-state index is 0.00792. The maximum Gasteiger partial charge on any atom is 0.416 e. The van der Waals surface area contributed by atoms with Crippen molar-refractivity contribution in [3.63, 3.8) is 0 Å². The summed E-state index contributed by atoms with van der Waals surface area (Å²) in [6, 6.07) is 22.2. The number of halogens is 3. The van der Waals surface area contributed by atoms with Gasteiger partial charge < -0.3 is 15.4 Å². The molecule has 3 aromatic carbocycles. The summed E-state index contributed by atoms with van der Waals surface area (Å²) >= 11 is 0. The molecular formula is C27H27F3N2O. The fourth-order valence-corrected chi connectivity index (χ4v) is 4.98. The number of alkyl halides is 3. The number of fused-ring (bicyclic) bond motifs is 3. The fraction of sp³-hybridized carbons (Fsp3) is 0.333. The van der Waals surface area contributed by atoms with Gasteiger partial charge in [0.25, 0.3) is 0 Å². The number of hydrogen-bond donors (Lipinski definition) is 2. The zero-order valence-corrected chi connectivity index (χ0v) is 18.4. The van der Waals surface area contributed by atoms with Gasteiger partial charge in [-0.25, -0.2) is 0 Å². The molecule has 0 spiro atoms. The van der Waals surface area contributed by atoms with Gasteiger partial charge in [0.2, 0.25) is 0 Å². The first-order chi connectivity index (χ1) is 15.9. The second kappa shape index (κ2) is 8.75. The Kier molecular flexibility index (Phi) is 5.79. The van der Waals surface area contributed by atoms with Gasteiger partial charge in [-0.2, -0.15) is 13.2 Å². The Morgan fingerprint density at radius 2 is 1.73 bits per heavy atom. The number of anilines is 2. The molecule has 0 unspecified atom stereocenters. The number of nitrogens with one attached hydrogen (secondary N) is 2. The van der Waals surface area contributed by atoms with Crippen molar-refractivity contribution in [3.05, 3.63) is 95.1 Å². The molecule has 2 aliphatic rings. The van der Waals surface area contributed by atoms with Gasteiger partial charge in [0.05, 0.1) is 23.8 Å². The highest BCUT2D eigenvalue weighted by Gasteiger charge is 2.43. The van der Waals surface area contributed by atoms with Crippen LogP contribution < -0.4 is 10.6 Å². The Morgan fingerprint density at radius 3 is 2.45 bits per heavy atom. The third-order valence-corrected chi connectivity index (χ3v) is 6.72. The van der Waals surface area contributed by atoms with Gasteiger partial charge in [0.1, 0.15) is 0 Å². The molecule has 0 aliphatic carbocycles. The summed E-state index contributed by atoms with van der Waals surface area (Å²) in [5, 5.41) is 6.93. The molecule has 33 heavy (non-hydrogen) atoms. The van der Waals surface area contributed by atoms with E-state index in [-0.39, 0.29) is 18.1 Å². The second-order valence-corrected chi connectivity index (χ2v) is 9.00. The lowest BCUT2D eigenvalue weighted by Crippen LogP contribution is -2.41. The number of hydrogen-bond acceptors (Lipinski definition) is 3. The summed E-state index contributed by atoms with van der Waals surface area (Å²) in [6.07, 6.45) is -3.15. The molecule has 1 saturated heterocycles. The van der Waals surface area contributed by atoms with Crippen molar-refractivity contribution in [2.24, 2.45) is 5.92 Å². The quantitative estimate of drug-likeness (QED) is 0.442. The minimum Gasteiger partial charge on any atom is -0.382 e. The van der Waals surface area contributed by atoms with Crippen LogP contribution in [0.3, 0.4) is 0 Å². The lowest BCUT2D eigenvalue weighted by atomic mass is 9.76. The molecule has 0 aromatic heterocycles. The Labute approximate surface area is 192 Å². The SMILES string of the molecule is Cc1ccc(NC[C@H]2CC[C@@H]3[C@H](O2)c2cc(C(F)(F)F)ccc2N[C@H]3c2ccccc2)cc1. The number of aryl methyl sites for hydroxylation is 1. The molecule has 4 atom stereocenters. The van der Waals surface area contributed by atoms with Gasteiger partial charge >= 0.3 is 6.18 Å². The molecule has 2 aliphatic heterocycles. The average Bonchev–Trinajstić information content (AvgIpc) is 2.82. The summed E-state index contributed by atoms with van der Waals surface area (Å²) in [5.74, 6) is 0.0546. The normalized spacial score (nSPS) is 24.4. The van der Waals surface area contributed by atoms with Crippen molar-refractivity contribution in [1.82, 2.24) is 0 Å². The zero-order chi connectivity index (χ0) is 23.0. The highest BCUT2D eigenvalue weighted by molar-refractivity contribution is 5.58. The summed E-state index contributed by atoms with van der Waals surface area (Å²) in [4.78, 5) is 0. The third kappa shape index (κ3) is 4.58. The minimum atomic E-state index is -4.39. The second-order valence-electron chi connectivity index (χ2n) is 9.00. The van der Waals surface area contributed by atoms with E-state index in [0.29, 0.717) is 17.8 Å². The molecule has 3 aromatic rings. The summed E-state index contributed by atoms with van der Waals surface area (Å²) in [7, 11) is 0. The van der Waals surface area contributed by atoms with E-state index in [1.165, 1.54) is 11.6 Å². The Hall–Kier alpha value is -2.99. The van der Waals surface area contributed by atoms with Crippen LogP contribution in [0.4, 0.5) is 24.5 Å². The first-order valence-corrected chi connectivity index (χ1v) is 11.4. The first kappa shape index (κ1) is 21.8. The van der Waals surface area contributed by atoms with Crippen molar-refractivity contribution in [2.45, 2.75) is 44.2 Å². The first-order valence-electron chi connectivity index (χ1n) is 11.4. The van der Waals surface area contributed by atoms with E-state index < -0.39 is 17.8 Å². The molecule has 0 bridgehead atoms. The predicted molar refractivity (Wildman–Crippen MR) is 124 cm³/mol. The fourth-order valence-electron chi connectivity index (χ4n) is 4.98. The predicted octanol–water partition coefficient (Wildman–Crippen LogP) is 7.13. The Balaban J connectivity index is 1.42. The van der Waals surface area contributed by atoms with Crippen LogP contribution >= 0.6 is 0 Å². The van der Waals surface area contributed by atoms with Crippen molar-refractivity contribution >= 4 is 11.4 Å². The molecule has 0 radical (unpaired) electrons. The lowest BCUT2D eigenvalue weighted by molar-refractivity contribution is -0.138. The van der Waals surface area contributed by atoms with Gasteiger partial charge in [-0.1, -0.05) is 48.0 Å². The smallest absolute Gasteiger partial charge is 0.382 e. The van der Waals surface area contributed by atoms with Crippen molar-refractivity contribution in [1.29, 1.82) is 0 Å². The van der Waals surface area contributed by atoms with Crippen LogP contribution in [0.1, 0.15) is 47.2 Å². The standard InChI is InChI=1S/C27H27F3N2O/c1-17-7-10-20(11-8-17)31-16-21-12-13-22-25(18-5-3-2-4-6-18)32-24-14-9-19(27(28,29)30)15-23(24)26(22)33-21/h2-11,14-15,21-22,25-26,31-32H,12-13,16H2,1H3/t21-,22+,25+,26+/m1/s1. The van der Waals surface area contributed by atoms with Gasteiger partial charge in [-0.3, -0.25) is 0 Å². The third-order valence-electron chi connectivity index (χ3n) is 6.72. The average molecular weight is 453 g/mol. The lowest BCUT2D eigenvalue weighted by Gasteiger charge is -2.46. The van der Waals surface area contributed by atoms with E-state index in [1.807, 2.05) is 49.4 Å². The zero-order valence-electron chi connectivity index (χ0n) is 18.4. The van der Waals surface area contributed by atoms with Crippen LogP contribution in [0.5, 0.6) is 0 Å². The van der Waals surface area contributed by atoms with Crippen LogP contribution in [-0.4, -0.2) is 12.6 Å². The molecule has 2 heterocycles. The molecule has 0 amide bonds. The van der Waals surface area contributed by atoms with Crippen LogP contribution in [0.15, 0.2) is 72.8 Å². The van der Waals surface area contributed by atoms with Crippen LogP contribution in [0, 0.1) is 12.8 Å². The van der Waals surface area contributed by atoms with Gasteiger partial charge in [0.15, 0.2) is 0 Å². The number of benzene rings is 3. The highest BCUT2D eigenvalue weighted by atomic mass is 19.4. The van der Waals surface area contributed by atoms with Crippen LogP contribution in [0.2, 0.25) is 0 Å². The molecule has 6 heteroatoms. The molecule has 2 N–H and O–H groups in total. The Bertz CT molecular complexity index is 1100. The van der Waals surface area contributed by atoms with Crippen LogP contribution in [-0.2, 0) is 10.9 Å².